The molecule has 0 fully saturated rings. The Hall–Kier alpha value is -2.93. The summed E-state index contributed by atoms with van der Waals surface area (Å²) in [5.74, 6) is 1.37. The van der Waals surface area contributed by atoms with Crippen molar-refractivity contribution >= 4 is 23.1 Å². The van der Waals surface area contributed by atoms with E-state index < -0.39 is 0 Å². The van der Waals surface area contributed by atoms with Gasteiger partial charge in [-0.3, -0.25) is 0 Å². The van der Waals surface area contributed by atoms with Gasteiger partial charge in [0.05, 0.1) is 50.9 Å². The van der Waals surface area contributed by atoms with Crippen molar-refractivity contribution in [3.63, 3.8) is 0 Å². The molecule has 1 aliphatic heterocycles. The lowest BCUT2D eigenvalue weighted by Gasteiger charge is -2.13. The Bertz CT molecular complexity index is 1000. The lowest BCUT2D eigenvalue weighted by Crippen LogP contribution is -2.13. The van der Waals surface area contributed by atoms with Gasteiger partial charge in [0, 0.05) is 5.39 Å². The molecule has 0 unspecified atom stereocenters. The van der Waals surface area contributed by atoms with Crippen molar-refractivity contribution in [3.05, 3.63) is 65.9 Å². The van der Waals surface area contributed by atoms with Crippen LogP contribution in [0.1, 0.15) is 11.3 Å². The molecule has 0 atom stereocenters. The number of nitrogens with zero attached hydrogens (tertiary/aromatic N) is 1. The van der Waals surface area contributed by atoms with Crippen molar-refractivity contribution in [1.82, 2.24) is 4.98 Å². The van der Waals surface area contributed by atoms with Gasteiger partial charge in [-0.25, -0.2) is 4.98 Å². The van der Waals surface area contributed by atoms with Crippen LogP contribution in [0.25, 0.3) is 23.1 Å². The van der Waals surface area contributed by atoms with E-state index in [1.165, 1.54) is 0 Å². The summed E-state index contributed by atoms with van der Waals surface area (Å²) >= 11 is 0. The predicted molar refractivity (Wildman–Crippen MR) is 121 cm³/mol. The summed E-state index contributed by atoms with van der Waals surface area (Å²) < 4.78 is 28.3. The molecule has 6 nitrogen and oxygen atoms in total. The number of pyridine rings is 1. The fourth-order valence-corrected chi connectivity index (χ4v) is 3.18. The molecule has 0 saturated heterocycles. The van der Waals surface area contributed by atoms with E-state index in [9.17, 15) is 0 Å². The first kappa shape index (κ1) is 21.3. The molecular formula is C25H27NO5. The van der Waals surface area contributed by atoms with Gasteiger partial charge < -0.3 is 23.7 Å². The Kier molecular flexibility index (Phi) is 7.88. The minimum absolute atomic E-state index is 0.437. The fraction of sp³-hybridized carbons (Fsp3) is 0.320. The van der Waals surface area contributed by atoms with Crippen molar-refractivity contribution < 1.29 is 23.7 Å². The molecule has 0 spiro atoms. The number of hydrogen-bond acceptors (Lipinski definition) is 6. The van der Waals surface area contributed by atoms with Gasteiger partial charge in [-0.2, -0.15) is 0 Å². The Morgan fingerprint density at radius 2 is 1.29 bits per heavy atom. The lowest BCUT2D eigenvalue weighted by molar-refractivity contribution is 0.00708. The molecule has 0 radical (unpaired) electrons. The summed E-state index contributed by atoms with van der Waals surface area (Å²) in [7, 11) is 0. The zero-order chi connectivity index (χ0) is 21.1. The topological polar surface area (TPSA) is 59.0 Å². The second kappa shape index (κ2) is 11.5. The SMILES string of the molecule is C(=C\c1ccc2ccccc2n1)/c1ccc2c(c1)OCCOCCOCCOCCO2. The molecule has 0 bridgehead atoms. The Morgan fingerprint density at radius 1 is 0.613 bits per heavy atom. The highest BCUT2D eigenvalue weighted by molar-refractivity contribution is 5.80. The van der Waals surface area contributed by atoms with Gasteiger partial charge in [0.25, 0.3) is 0 Å². The van der Waals surface area contributed by atoms with E-state index in [2.05, 4.69) is 17.1 Å². The van der Waals surface area contributed by atoms with E-state index in [1.807, 2.05) is 54.6 Å². The first-order valence-electron chi connectivity index (χ1n) is 10.6. The highest BCUT2D eigenvalue weighted by Crippen LogP contribution is 2.29. The third-order valence-electron chi connectivity index (χ3n) is 4.75. The standard InChI is InChI=1S/C25H27NO5/c1-2-4-23-21(3-1)7-9-22(26-23)8-5-20-6-10-24-25(19-20)31-18-16-29-14-12-27-11-13-28-15-17-30-24/h1-10,19H,11-18H2/b8-5+. The Balaban J connectivity index is 1.47. The van der Waals surface area contributed by atoms with Gasteiger partial charge in [-0.15, -0.1) is 0 Å². The van der Waals surface area contributed by atoms with Gasteiger partial charge in [0.15, 0.2) is 11.5 Å². The van der Waals surface area contributed by atoms with E-state index in [1.54, 1.807) is 0 Å². The largest absolute Gasteiger partial charge is 0.487 e. The summed E-state index contributed by atoms with van der Waals surface area (Å²) in [5.41, 5.74) is 2.88. The zero-order valence-electron chi connectivity index (χ0n) is 17.5. The monoisotopic (exact) mass is 421 g/mol. The number of ether oxygens (including phenoxy) is 5. The third kappa shape index (κ3) is 6.52. The smallest absolute Gasteiger partial charge is 0.161 e. The maximum atomic E-state index is 5.93. The van der Waals surface area contributed by atoms with E-state index in [0.717, 1.165) is 22.2 Å². The molecular weight excluding hydrogens is 394 g/mol. The fourth-order valence-electron chi connectivity index (χ4n) is 3.18. The minimum atomic E-state index is 0.437. The molecule has 6 heteroatoms. The number of fused-ring (bicyclic) bond motifs is 2. The van der Waals surface area contributed by atoms with Crippen LogP contribution >= 0.6 is 0 Å². The van der Waals surface area contributed by atoms with Gasteiger partial charge in [0.1, 0.15) is 13.2 Å². The zero-order valence-corrected chi connectivity index (χ0v) is 17.5. The summed E-state index contributed by atoms with van der Waals surface area (Å²) in [5, 5.41) is 1.13. The van der Waals surface area contributed by atoms with Crippen LogP contribution < -0.4 is 9.47 Å². The average Bonchev–Trinajstić information content (AvgIpc) is 2.82. The van der Waals surface area contributed by atoms with Crippen LogP contribution in [-0.2, 0) is 14.2 Å². The van der Waals surface area contributed by atoms with Crippen LogP contribution in [0, 0.1) is 0 Å². The van der Waals surface area contributed by atoms with Crippen molar-refractivity contribution in [2.45, 2.75) is 0 Å². The summed E-state index contributed by atoms with van der Waals surface area (Å²) in [6.45, 7) is 4.05. The van der Waals surface area contributed by atoms with Crippen molar-refractivity contribution in [2.75, 3.05) is 52.9 Å². The minimum Gasteiger partial charge on any atom is -0.487 e. The maximum Gasteiger partial charge on any atom is 0.161 e. The van der Waals surface area contributed by atoms with Crippen molar-refractivity contribution in [2.24, 2.45) is 0 Å². The predicted octanol–water partition coefficient (Wildman–Crippen LogP) is 4.23. The van der Waals surface area contributed by atoms with Gasteiger partial charge in [-0.05, 0) is 35.9 Å². The second-order valence-corrected chi connectivity index (χ2v) is 7.00. The number of aromatic nitrogens is 1. The van der Waals surface area contributed by atoms with Crippen LogP contribution in [0.5, 0.6) is 11.5 Å². The van der Waals surface area contributed by atoms with E-state index in [0.29, 0.717) is 64.4 Å². The highest BCUT2D eigenvalue weighted by atomic mass is 16.6. The number of hydrogen-bond donors (Lipinski definition) is 0. The van der Waals surface area contributed by atoms with Gasteiger partial charge in [-0.1, -0.05) is 36.4 Å². The van der Waals surface area contributed by atoms with Crippen molar-refractivity contribution in [3.8, 4) is 11.5 Å². The van der Waals surface area contributed by atoms with Crippen LogP contribution in [0.15, 0.2) is 54.6 Å². The molecule has 31 heavy (non-hydrogen) atoms. The average molecular weight is 421 g/mol. The van der Waals surface area contributed by atoms with Gasteiger partial charge in [0.2, 0.25) is 0 Å². The van der Waals surface area contributed by atoms with E-state index >= 15 is 0 Å². The van der Waals surface area contributed by atoms with E-state index in [-0.39, 0.29) is 0 Å². The molecule has 0 amide bonds. The molecule has 2 aromatic carbocycles. The number of para-hydroxylation sites is 1. The number of rotatable bonds is 2. The molecule has 4 rings (SSSR count). The van der Waals surface area contributed by atoms with Crippen LogP contribution in [-0.4, -0.2) is 57.8 Å². The quantitative estimate of drug-likeness (QED) is 0.617. The van der Waals surface area contributed by atoms with Crippen molar-refractivity contribution in [1.29, 1.82) is 0 Å². The Morgan fingerprint density at radius 3 is 2.06 bits per heavy atom. The summed E-state index contributed by atoms with van der Waals surface area (Å²) in [4.78, 5) is 4.69. The first-order valence-corrected chi connectivity index (χ1v) is 10.6. The van der Waals surface area contributed by atoms with Crippen LogP contribution in [0.2, 0.25) is 0 Å². The first-order chi connectivity index (χ1) is 15.4. The molecule has 1 aromatic heterocycles. The third-order valence-corrected chi connectivity index (χ3v) is 4.75. The highest BCUT2D eigenvalue weighted by Gasteiger charge is 2.07. The van der Waals surface area contributed by atoms with E-state index in [4.69, 9.17) is 23.7 Å². The van der Waals surface area contributed by atoms with Crippen LogP contribution in [0.4, 0.5) is 0 Å². The normalized spacial score (nSPS) is 16.6. The summed E-state index contributed by atoms with van der Waals surface area (Å²) in [6.07, 6.45) is 4.02. The lowest BCUT2D eigenvalue weighted by atomic mass is 10.1. The molecule has 2 heterocycles. The molecule has 0 N–H and O–H groups in total. The number of benzene rings is 2. The molecule has 0 aliphatic carbocycles. The summed E-state index contributed by atoms with van der Waals surface area (Å²) in [6, 6.07) is 18.1. The van der Waals surface area contributed by atoms with Crippen LogP contribution in [0.3, 0.4) is 0 Å². The second-order valence-electron chi connectivity index (χ2n) is 7.00. The molecule has 1 aliphatic rings. The van der Waals surface area contributed by atoms with Gasteiger partial charge >= 0.3 is 0 Å². The molecule has 3 aromatic rings. The Labute approximate surface area is 182 Å². The molecule has 0 saturated carbocycles. The molecule has 162 valence electrons. The maximum absolute atomic E-state index is 5.93.